The minimum atomic E-state index is -0.816. The Kier molecular flexibility index (Phi) is 5.49. The minimum Gasteiger partial charge on any atom is -0.320 e. The first-order chi connectivity index (χ1) is 10.5. The number of thioether (sulfide) groups is 1. The van der Waals surface area contributed by atoms with Crippen LogP contribution in [0.4, 0.5) is 18.9 Å². The van der Waals surface area contributed by atoms with Crippen molar-refractivity contribution < 1.29 is 18.0 Å². The highest BCUT2D eigenvalue weighted by Crippen LogP contribution is 2.22. The molecule has 0 aromatic heterocycles. The summed E-state index contributed by atoms with van der Waals surface area (Å²) in [6.07, 6.45) is 0. The number of benzene rings is 2. The summed E-state index contributed by atoms with van der Waals surface area (Å²) < 4.78 is 39.7. The molecule has 0 radical (unpaired) electrons. The fraction of sp³-hybridized carbons (Fsp3) is 0.188. The molecule has 1 N–H and O–H groups in total. The Balaban J connectivity index is 1.93. The summed E-state index contributed by atoms with van der Waals surface area (Å²) in [5.41, 5.74) is 0.421. The van der Waals surface area contributed by atoms with Crippen molar-refractivity contribution in [1.29, 1.82) is 0 Å². The molecule has 6 heteroatoms. The average molecular weight is 325 g/mol. The van der Waals surface area contributed by atoms with Crippen LogP contribution in [0, 0.1) is 17.5 Å². The first kappa shape index (κ1) is 16.4. The molecule has 2 nitrogen and oxygen atoms in total. The smallest absolute Gasteiger partial charge is 0.237 e. The van der Waals surface area contributed by atoms with E-state index in [1.54, 1.807) is 19.1 Å². The minimum absolute atomic E-state index is 0.324. The lowest BCUT2D eigenvalue weighted by atomic mass is 10.2. The topological polar surface area (TPSA) is 29.1 Å². The van der Waals surface area contributed by atoms with E-state index in [4.69, 9.17) is 0 Å². The standard InChI is InChI=1S/C16H14F3NOS/c1-10(22-9-11-5-7-12(17)8-6-11)16(21)20-15-13(18)3-2-4-14(15)19/h2-8,10H,9H2,1H3,(H,20,21). The molecule has 0 bridgehead atoms. The van der Waals surface area contributed by atoms with Crippen LogP contribution in [-0.4, -0.2) is 11.2 Å². The second-order valence-electron chi connectivity index (χ2n) is 4.67. The van der Waals surface area contributed by atoms with Crippen molar-refractivity contribution in [3.05, 3.63) is 65.5 Å². The third-order valence-corrected chi connectivity index (χ3v) is 4.21. The van der Waals surface area contributed by atoms with Crippen LogP contribution in [0.3, 0.4) is 0 Å². The first-order valence-electron chi connectivity index (χ1n) is 6.58. The zero-order chi connectivity index (χ0) is 16.1. The number of amides is 1. The molecule has 0 saturated heterocycles. The van der Waals surface area contributed by atoms with Gasteiger partial charge in [-0.1, -0.05) is 18.2 Å². The molecule has 0 aliphatic carbocycles. The monoisotopic (exact) mass is 325 g/mol. The van der Waals surface area contributed by atoms with Gasteiger partial charge in [-0.05, 0) is 36.8 Å². The lowest BCUT2D eigenvalue weighted by Crippen LogP contribution is -2.23. The van der Waals surface area contributed by atoms with E-state index >= 15 is 0 Å². The van der Waals surface area contributed by atoms with Gasteiger partial charge in [0.05, 0.1) is 5.25 Å². The summed E-state index contributed by atoms with van der Waals surface area (Å²) in [4.78, 5) is 12.0. The van der Waals surface area contributed by atoms with Crippen molar-refractivity contribution in [3.63, 3.8) is 0 Å². The Morgan fingerprint density at radius 2 is 1.68 bits per heavy atom. The third kappa shape index (κ3) is 4.27. The highest BCUT2D eigenvalue weighted by Gasteiger charge is 2.17. The molecule has 2 aromatic rings. The number of rotatable bonds is 5. The molecule has 116 valence electrons. The van der Waals surface area contributed by atoms with Crippen molar-refractivity contribution in [3.8, 4) is 0 Å². The summed E-state index contributed by atoms with van der Waals surface area (Å²) in [5.74, 6) is -1.95. The summed E-state index contributed by atoms with van der Waals surface area (Å²) >= 11 is 1.30. The SMILES string of the molecule is CC(SCc1ccc(F)cc1)C(=O)Nc1c(F)cccc1F. The predicted octanol–water partition coefficient (Wildman–Crippen LogP) is 4.36. The highest BCUT2D eigenvalue weighted by atomic mass is 32.2. The number of nitrogens with one attached hydrogen (secondary N) is 1. The van der Waals surface area contributed by atoms with E-state index in [-0.39, 0.29) is 5.82 Å². The van der Waals surface area contributed by atoms with Crippen molar-refractivity contribution in [2.24, 2.45) is 0 Å². The van der Waals surface area contributed by atoms with E-state index in [0.29, 0.717) is 5.75 Å². The maximum Gasteiger partial charge on any atom is 0.237 e. The van der Waals surface area contributed by atoms with Gasteiger partial charge in [-0.25, -0.2) is 13.2 Å². The number of anilines is 1. The van der Waals surface area contributed by atoms with E-state index < -0.39 is 28.5 Å². The fourth-order valence-corrected chi connectivity index (χ4v) is 2.56. The van der Waals surface area contributed by atoms with Crippen molar-refractivity contribution in [2.75, 3.05) is 5.32 Å². The Bertz CT molecular complexity index is 641. The van der Waals surface area contributed by atoms with Gasteiger partial charge < -0.3 is 5.32 Å². The number of hydrogen-bond donors (Lipinski definition) is 1. The van der Waals surface area contributed by atoms with Gasteiger partial charge in [0.15, 0.2) is 0 Å². The third-order valence-electron chi connectivity index (χ3n) is 2.99. The molecule has 1 atom stereocenters. The Morgan fingerprint density at radius 3 is 2.27 bits per heavy atom. The van der Waals surface area contributed by atoms with Crippen LogP contribution in [0.5, 0.6) is 0 Å². The molecule has 22 heavy (non-hydrogen) atoms. The van der Waals surface area contributed by atoms with Gasteiger partial charge in [-0.15, -0.1) is 11.8 Å². The van der Waals surface area contributed by atoms with Gasteiger partial charge in [-0.3, -0.25) is 4.79 Å². The summed E-state index contributed by atoms with van der Waals surface area (Å²) in [5, 5.41) is 1.74. The second kappa shape index (κ2) is 7.35. The van der Waals surface area contributed by atoms with Gasteiger partial charge in [0, 0.05) is 5.75 Å². The largest absolute Gasteiger partial charge is 0.320 e. The quantitative estimate of drug-likeness (QED) is 0.885. The maximum absolute atomic E-state index is 13.5. The summed E-state index contributed by atoms with van der Waals surface area (Å²) in [7, 11) is 0. The first-order valence-corrected chi connectivity index (χ1v) is 7.63. The van der Waals surface area contributed by atoms with Crippen LogP contribution in [0.25, 0.3) is 0 Å². The number of hydrogen-bond acceptors (Lipinski definition) is 2. The zero-order valence-electron chi connectivity index (χ0n) is 11.8. The molecule has 0 spiro atoms. The van der Waals surface area contributed by atoms with Gasteiger partial charge in [0.25, 0.3) is 0 Å². The van der Waals surface area contributed by atoms with E-state index in [1.807, 2.05) is 0 Å². The lowest BCUT2D eigenvalue weighted by molar-refractivity contribution is -0.115. The maximum atomic E-state index is 13.5. The molecule has 0 aliphatic rings. The summed E-state index contributed by atoms with van der Waals surface area (Å²) in [6, 6.07) is 9.33. The van der Waals surface area contributed by atoms with Crippen molar-refractivity contribution in [2.45, 2.75) is 17.9 Å². The fourth-order valence-electron chi connectivity index (χ4n) is 1.72. The van der Waals surface area contributed by atoms with Crippen LogP contribution >= 0.6 is 11.8 Å². The Labute approximate surface area is 130 Å². The molecule has 0 aliphatic heterocycles. The molecule has 0 heterocycles. The molecule has 0 fully saturated rings. The number of para-hydroxylation sites is 1. The van der Waals surface area contributed by atoms with Crippen molar-refractivity contribution >= 4 is 23.4 Å². The molecular formula is C16H14F3NOS. The zero-order valence-corrected chi connectivity index (χ0v) is 12.6. The van der Waals surface area contributed by atoms with E-state index in [9.17, 15) is 18.0 Å². The highest BCUT2D eigenvalue weighted by molar-refractivity contribution is 7.99. The molecule has 2 rings (SSSR count). The summed E-state index contributed by atoms with van der Waals surface area (Å²) in [6.45, 7) is 1.64. The van der Waals surface area contributed by atoms with Crippen molar-refractivity contribution in [1.82, 2.24) is 0 Å². The lowest BCUT2D eigenvalue weighted by Gasteiger charge is -2.13. The molecule has 0 saturated carbocycles. The van der Waals surface area contributed by atoms with Gasteiger partial charge >= 0.3 is 0 Å². The average Bonchev–Trinajstić information content (AvgIpc) is 2.50. The van der Waals surface area contributed by atoms with Crippen LogP contribution in [0.1, 0.15) is 12.5 Å². The Hall–Kier alpha value is -1.95. The van der Waals surface area contributed by atoms with Crippen LogP contribution in [0.15, 0.2) is 42.5 Å². The van der Waals surface area contributed by atoms with E-state index in [0.717, 1.165) is 17.7 Å². The number of carbonyl (C=O) groups excluding carboxylic acids is 1. The predicted molar refractivity (Wildman–Crippen MR) is 82.1 cm³/mol. The molecular weight excluding hydrogens is 311 g/mol. The second-order valence-corrected chi connectivity index (χ2v) is 5.99. The normalized spacial score (nSPS) is 12.0. The number of halogens is 3. The van der Waals surface area contributed by atoms with Gasteiger partial charge in [0.2, 0.25) is 5.91 Å². The Morgan fingerprint density at radius 1 is 1.09 bits per heavy atom. The van der Waals surface area contributed by atoms with Gasteiger partial charge in [0.1, 0.15) is 23.1 Å². The number of carbonyl (C=O) groups is 1. The molecule has 1 amide bonds. The van der Waals surface area contributed by atoms with E-state index in [1.165, 1.54) is 30.0 Å². The van der Waals surface area contributed by atoms with Crippen LogP contribution in [-0.2, 0) is 10.5 Å². The van der Waals surface area contributed by atoms with Crippen LogP contribution in [0.2, 0.25) is 0 Å². The molecule has 2 aromatic carbocycles. The van der Waals surface area contributed by atoms with E-state index in [2.05, 4.69) is 5.32 Å². The molecule has 1 unspecified atom stereocenters. The van der Waals surface area contributed by atoms with Gasteiger partial charge in [-0.2, -0.15) is 0 Å². The van der Waals surface area contributed by atoms with Crippen LogP contribution < -0.4 is 5.32 Å².